The molecule has 2 rings (SSSR count). The van der Waals surface area contributed by atoms with Crippen molar-refractivity contribution < 1.29 is 4.42 Å². The molecule has 16 heavy (non-hydrogen) atoms. The number of thiazole rings is 1. The largest absolute Gasteiger partial charge is 0.448 e. The smallest absolute Gasteiger partial charge is 0.197 e. The highest BCUT2D eigenvalue weighted by atomic mass is 32.1. The SMILES string of the molecule is CCCC(CC)c1nc(-c2nccs2)co1. The third kappa shape index (κ3) is 2.32. The average Bonchev–Trinajstić information content (AvgIpc) is 2.95. The van der Waals surface area contributed by atoms with Crippen LogP contribution in [0.25, 0.3) is 10.7 Å². The third-order valence-electron chi connectivity index (χ3n) is 2.65. The van der Waals surface area contributed by atoms with Crippen molar-refractivity contribution in [1.29, 1.82) is 0 Å². The Bertz CT molecular complexity index is 422. The van der Waals surface area contributed by atoms with Gasteiger partial charge in [0.05, 0.1) is 0 Å². The first-order chi connectivity index (χ1) is 7.85. The van der Waals surface area contributed by atoms with Crippen molar-refractivity contribution in [3.05, 3.63) is 23.7 Å². The molecule has 2 aromatic heterocycles. The van der Waals surface area contributed by atoms with Gasteiger partial charge in [0, 0.05) is 17.5 Å². The summed E-state index contributed by atoms with van der Waals surface area (Å²) in [5, 5.41) is 2.88. The van der Waals surface area contributed by atoms with E-state index in [-0.39, 0.29) is 0 Å². The molecule has 0 amide bonds. The molecule has 4 heteroatoms. The minimum Gasteiger partial charge on any atom is -0.448 e. The highest BCUT2D eigenvalue weighted by Gasteiger charge is 2.16. The van der Waals surface area contributed by atoms with Crippen molar-refractivity contribution in [3.63, 3.8) is 0 Å². The maximum atomic E-state index is 5.55. The second-order valence-electron chi connectivity index (χ2n) is 3.80. The molecule has 0 aliphatic rings. The van der Waals surface area contributed by atoms with Crippen LogP contribution in [0.2, 0.25) is 0 Å². The zero-order valence-electron chi connectivity index (χ0n) is 9.64. The Morgan fingerprint density at radius 1 is 1.44 bits per heavy atom. The van der Waals surface area contributed by atoms with Gasteiger partial charge in [0.2, 0.25) is 0 Å². The van der Waals surface area contributed by atoms with E-state index in [0.717, 1.165) is 35.9 Å². The summed E-state index contributed by atoms with van der Waals surface area (Å²) in [6.07, 6.45) is 6.87. The van der Waals surface area contributed by atoms with Crippen LogP contribution in [-0.4, -0.2) is 9.97 Å². The Hall–Kier alpha value is -1.16. The average molecular weight is 236 g/mol. The van der Waals surface area contributed by atoms with E-state index in [1.54, 1.807) is 23.8 Å². The molecule has 0 saturated carbocycles. The van der Waals surface area contributed by atoms with E-state index in [1.807, 2.05) is 5.38 Å². The molecule has 0 N–H and O–H groups in total. The monoisotopic (exact) mass is 236 g/mol. The van der Waals surface area contributed by atoms with Crippen LogP contribution in [0, 0.1) is 0 Å². The molecule has 0 aliphatic carbocycles. The highest BCUT2D eigenvalue weighted by Crippen LogP contribution is 2.27. The normalized spacial score (nSPS) is 12.9. The summed E-state index contributed by atoms with van der Waals surface area (Å²) >= 11 is 1.59. The molecule has 3 nitrogen and oxygen atoms in total. The highest BCUT2D eigenvalue weighted by molar-refractivity contribution is 7.13. The molecular weight excluding hydrogens is 220 g/mol. The van der Waals surface area contributed by atoms with Gasteiger partial charge in [-0.15, -0.1) is 11.3 Å². The Balaban J connectivity index is 2.18. The minimum absolute atomic E-state index is 0.443. The zero-order chi connectivity index (χ0) is 11.4. The van der Waals surface area contributed by atoms with Gasteiger partial charge < -0.3 is 4.42 Å². The van der Waals surface area contributed by atoms with Crippen molar-refractivity contribution in [3.8, 4) is 10.7 Å². The van der Waals surface area contributed by atoms with Gasteiger partial charge in [-0.1, -0.05) is 20.3 Å². The van der Waals surface area contributed by atoms with Gasteiger partial charge in [-0.2, -0.15) is 0 Å². The van der Waals surface area contributed by atoms with Crippen LogP contribution in [0.4, 0.5) is 0 Å². The first-order valence-corrected chi connectivity index (χ1v) is 6.58. The number of hydrogen-bond acceptors (Lipinski definition) is 4. The lowest BCUT2D eigenvalue weighted by Gasteiger charge is -2.07. The molecule has 0 radical (unpaired) electrons. The Kier molecular flexibility index (Phi) is 3.72. The summed E-state index contributed by atoms with van der Waals surface area (Å²) in [5.74, 6) is 1.30. The number of rotatable bonds is 5. The van der Waals surface area contributed by atoms with E-state index in [1.165, 1.54) is 0 Å². The van der Waals surface area contributed by atoms with Gasteiger partial charge in [-0.05, 0) is 12.8 Å². The van der Waals surface area contributed by atoms with Crippen molar-refractivity contribution >= 4 is 11.3 Å². The van der Waals surface area contributed by atoms with Gasteiger partial charge >= 0.3 is 0 Å². The molecule has 0 bridgehead atoms. The first-order valence-electron chi connectivity index (χ1n) is 5.70. The van der Waals surface area contributed by atoms with Gasteiger partial charge in [0.15, 0.2) is 5.89 Å². The van der Waals surface area contributed by atoms with E-state index in [4.69, 9.17) is 4.42 Å². The number of aromatic nitrogens is 2. The summed E-state index contributed by atoms with van der Waals surface area (Å²) in [6, 6.07) is 0. The quantitative estimate of drug-likeness (QED) is 0.784. The van der Waals surface area contributed by atoms with Gasteiger partial charge in [-0.25, -0.2) is 9.97 Å². The first kappa shape index (κ1) is 11.3. The van der Waals surface area contributed by atoms with E-state index in [0.29, 0.717) is 5.92 Å². The van der Waals surface area contributed by atoms with Crippen LogP contribution in [0.15, 0.2) is 22.3 Å². The summed E-state index contributed by atoms with van der Waals surface area (Å²) < 4.78 is 5.55. The molecule has 0 fully saturated rings. The number of oxazole rings is 1. The van der Waals surface area contributed by atoms with E-state index in [9.17, 15) is 0 Å². The van der Waals surface area contributed by atoms with Crippen LogP contribution in [-0.2, 0) is 0 Å². The van der Waals surface area contributed by atoms with Crippen LogP contribution in [0.3, 0.4) is 0 Å². The zero-order valence-corrected chi connectivity index (χ0v) is 10.5. The molecule has 2 heterocycles. The van der Waals surface area contributed by atoms with E-state index in [2.05, 4.69) is 23.8 Å². The maximum absolute atomic E-state index is 5.55. The Morgan fingerprint density at radius 2 is 2.31 bits per heavy atom. The Labute approximate surface area is 99.6 Å². The summed E-state index contributed by atoms with van der Waals surface area (Å²) in [5.41, 5.74) is 0.861. The lowest BCUT2D eigenvalue weighted by Crippen LogP contribution is -1.97. The lowest BCUT2D eigenvalue weighted by molar-refractivity contribution is 0.421. The predicted octanol–water partition coefficient (Wildman–Crippen LogP) is 4.09. The Morgan fingerprint density at radius 3 is 2.94 bits per heavy atom. The summed E-state index contributed by atoms with van der Waals surface area (Å²) in [6.45, 7) is 4.36. The molecule has 1 atom stereocenters. The van der Waals surface area contributed by atoms with Crippen LogP contribution in [0.5, 0.6) is 0 Å². The predicted molar refractivity (Wildman–Crippen MR) is 65.6 cm³/mol. The lowest BCUT2D eigenvalue weighted by atomic mass is 10.0. The molecule has 0 aliphatic heterocycles. The summed E-state index contributed by atoms with van der Waals surface area (Å²) in [4.78, 5) is 8.75. The van der Waals surface area contributed by atoms with Crippen molar-refractivity contribution in [2.75, 3.05) is 0 Å². The fraction of sp³-hybridized carbons (Fsp3) is 0.500. The maximum Gasteiger partial charge on any atom is 0.197 e. The van der Waals surface area contributed by atoms with Crippen molar-refractivity contribution in [2.45, 2.75) is 39.0 Å². The minimum atomic E-state index is 0.443. The second-order valence-corrected chi connectivity index (χ2v) is 4.70. The molecule has 86 valence electrons. The topological polar surface area (TPSA) is 38.9 Å². The number of hydrogen-bond donors (Lipinski definition) is 0. The second kappa shape index (κ2) is 5.25. The molecule has 1 unspecified atom stereocenters. The fourth-order valence-electron chi connectivity index (χ4n) is 1.77. The molecular formula is C12H16N2OS. The van der Waals surface area contributed by atoms with Crippen molar-refractivity contribution in [1.82, 2.24) is 9.97 Å². The standard InChI is InChI=1S/C12H16N2OS/c1-3-5-9(4-2)11-14-10(8-15-11)12-13-6-7-16-12/h6-9H,3-5H2,1-2H3. The fourth-order valence-corrected chi connectivity index (χ4v) is 2.36. The van der Waals surface area contributed by atoms with E-state index < -0.39 is 0 Å². The third-order valence-corrected chi connectivity index (χ3v) is 3.45. The van der Waals surface area contributed by atoms with Crippen LogP contribution >= 0.6 is 11.3 Å². The van der Waals surface area contributed by atoms with Gasteiger partial charge in [-0.3, -0.25) is 0 Å². The molecule has 0 aromatic carbocycles. The summed E-state index contributed by atoms with van der Waals surface area (Å²) in [7, 11) is 0. The van der Waals surface area contributed by atoms with Gasteiger partial charge in [0.1, 0.15) is 17.0 Å². The molecule has 0 spiro atoms. The van der Waals surface area contributed by atoms with E-state index >= 15 is 0 Å². The molecule has 0 saturated heterocycles. The van der Waals surface area contributed by atoms with Crippen LogP contribution in [0.1, 0.15) is 44.9 Å². The van der Waals surface area contributed by atoms with Gasteiger partial charge in [0.25, 0.3) is 0 Å². The molecule has 2 aromatic rings. The number of nitrogens with zero attached hydrogens (tertiary/aromatic N) is 2. The van der Waals surface area contributed by atoms with Crippen LogP contribution < -0.4 is 0 Å². The van der Waals surface area contributed by atoms with Crippen molar-refractivity contribution in [2.24, 2.45) is 0 Å².